The van der Waals surface area contributed by atoms with Gasteiger partial charge in [-0.25, -0.2) is 13.6 Å². The Bertz CT molecular complexity index is 371. The van der Waals surface area contributed by atoms with Gasteiger partial charge in [-0.2, -0.15) is 0 Å². The third-order valence-corrected chi connectivity index (χ3v) is 1.84. The van der Waals surface area contributed by atoms with Gasteiger partial charge in [0.1, 0.15) is 0 Å². The van der Waals surface area contributed by atoms with Gasteiger partial charge in [-0.15, -0.1) is 0 Å². The number of rotatable bonds is 4. The topological polar surface area (TPSA) is 67.1 Å². The smallest absolute Gasteiger partial charge is 0.319 e. The van der Waals surface area contributed by atoms with E-state index in [2.05, 4.69) is 10.6 Å². The number of amides is 2. The zero-order valence-corrected chi connectivity index (χ0v) is 8.59. The highest BCUT2D eigenvalue weighted by Crippen LogP contribution is 2.12. The summed E-state index contributed by atoms with van der Waals surface area (Å²) in [4.78, 5) is 11.2. The van der Waals surface area contributed by atoms with E-state index in [1.165, 1.54) is 6.07 Å². The molecule has 0 atom stereocenters. The first-order chi connectivity index (χ1) is 7.63. The molecule has 0 fully saturated rings. The molecule has 0 saturated heterocycles. The Balaban J connectivity index is 2.46. The second-order valence-corrected chi connectivity index (χ2v) is 3.15. The third-order valence-electron chi connectivity index (χ3n) is 1.84. The molecule has 4 N–H and O–H groups in total. The average molecular weight is 229 g/mol. The van der Waals surface area contributed by atoms with Crippen LogP contribution in [0.2, 0.25) is 0 Å². The number of carbonyl (C=O) groups is 1. The van der Waals surface area contributed by atoms with Crippen molar-refractivity contribution in [3.05, 3.63) is 29.8 Å². The summed E-state index contributed by atoms with van der Waals surface area (Å²) in [5.41, 5.74) is 5.44. The monoisotopic (exact) mass is 229 g/mol. The molecular weight excluding hydrogens is 216 g/mol. The lowest BCUT2D eigenvalue weighted by Gasteiger charge is -2.07. The van der Waals surface area contributed by atoms with Crippen molar-refractivity contribution in [3.8, 4) is 0 Å². The summed E-state index contributed by atoms with van der Waals surface area (Å²) in [7, 11) is 0. The number of hydrogen-bond donors (Lipinski definition) is 3. The molecule has 4 nitrogen and oxygen atoms in total. The van der Waals surface area contributed by atoms with Crippen LogP contribution in [-0.4, -0.2) is 19.1 Å². The van der Waals surface area contributed by atoms with Crippen LogP contribution in [0.5, 0.6) is 0 Å². The Kier molecular flexibility index (Phi) is 4.65. The first-order valence-electron chi connectivity index (χ1n) is 4.83. The summed E-state index contributed by atoms with van der Waals surface area (Å²) in [6.07, 6.45) is 0.658. The summed E-state index contributed by atoms with van der Waals surface area (Å²) >= 11 is 0. The molecule has 0 aromatic heterocycles. The number of halogens is 2. The van der Waals surface area contributed by atoms with Crippen LogP contribution in [0.1, 0.15) is 6.42 Å². The molecule has 0 heterocycles. The van der Waals surface area contributed by atoms with Gasteiger partial charge in [-0.1, -0.05) is 0 Å². The SMILES string of the molecule is NCCCNC(=O)Nc1ccc(F)c(F)c1. The zero-order valence-electron chi connectivity index (χ0n) is 8.59. The van der Waals surface area contributed by atoms with E-state index in [4.69, 9.17) is 5.73 Å². The van der Waals surface area contributed by atoms with Crippen LogP contribution in [0, 0.1) is 11.6 Å². The maximum Gasteiger partial charge on any atom is 0.319 e. The summed E-state index contributed by atoms with van der Waals surface area (Å²) in [6.45, 7) is 0.914. The van der Waals surface area contributed by atoms with Crippen molar-refractivity contribution in [1.29, 1.82) is 0 Å². The van der Waals surface area contributed by atoms with Crippen molar-refractivity contribution in [2.75, 3.05) is 18.4 Å². The third kappa shape index (κ3) is 3.82. The van der Waals surface area contributed by atoms with Crippen molar-refractivity contribution >= 4 is 11.7 Å². The molecule has 0 aliphatic carbocycles. The minimum atomic E-state index is -1.00. The molecular formula is C10H13F2N3O. The molecule has 0 aliphatic rings. The van der Waals surface area contributed by atoms with Crippen LogP contribution < -0.4 is 16.4 Å². The van der Waals surface area contributed by atoms with Crippen LogP contribution in [0.3, 0.4) is 0 Å². The molecule has 6 heteroatoms. The Labute approximate surface area is 91.8 Å². The van der Waals surface area contributed by atoms with Crippen molar-refractivity contribution in [3.63, 3.8) is 0 Å². The fourth-order valence-electron chi connectivity index (χ4n) is 1.05. The molecule has 1 aromatic carbocycles. The van der Waals surface area contributed by atoms with Gasteiger partial charge < -0.3 is 16.4 Å². The molecule has 0 unspecified atom stereocenters. The second kappa shape index (κ2) is 6.02. The quantitative estimate of drug-likeness (QED) is 0.684. The molecule has 1 rings (SSSR count). The van der Waals surface area contributed by atoms with Crippen molar-refractivity contribution < 1.29 is 13.6 Å². The van der Waals surface area contributed by atoms with Crippen molar-refractivity contribution in [1.82, 2.24) is 5.32 Å². The molecule has 0 radical (unpaired) electrons. The van der Waals surface area contributed by atoms with Gasteiger partial charge >= 0.3 is 6.03 Å². The number of anilines is 1. The van der Waals surface area contributed by atoms with Gasteiger partial charge in [-0.05, 0) is 25.1 Å². The number of nitrogens with one attached hydrogen (secondary N) is 2. The van der Waals surface area contributed by atoms with Crippen molar-refractivity contribution in [2.45, 2.75) is 6.42 Å². The van der Waals surface area contributed by atoms with Gasteiger partial charge in [0.15, 0.2) is 11.6 Å². The highest BCUT2D eigenvalue weighted by molar-refractivity contribution is 5.89. The highest BCUT2D eigenvalue weighted by Gasteiger charge is 2.05. The average Bonchev–Trinajstić information content (AvgIpc) is 2.24. The van der Waals surface area contributed by atoms with E-state index in [0.717, 1.165) is 12.1 Å². The highest BCUT2D eigenvalue weighted by atomic mass is 19.2. The fourth-order valence-corrected chi connectivity index (χ4v) is 1.05. The van der Waals surface area contributed by atoms with Gasteiger partial charge in [0.25, 0.3) is 0 Å². The summed E-state index contributed by atoms with van der Waals surface area (Å²) in [6, 6.07) is 2.67. The van der Waals surface area contributed by atoms with Crippen LogP contribution in [0.15, 0.2) is 18.2 Å². The summed E-state index contributed by atoms with van der Waals surface area (Å²) in [5.74, 6) is -1.95. The molecule has 2 amide bonds. The van der Waals surface area contributed by atoms with Gasteiger partial charge in [-0.3, -0.25) is 0 Å². The molecule has 0 spiro atoms. The molecule has 0 aliphatic heterocycles. The molecule has 0 bridgehead atoms. The molecule has 1 aromatic rings. The Hall–Kier alpha value is -1.69. The molecule has 16 heavy (non-hydrogen) atoms. The fraction of sp³-hybridized carbons (Fsp3) is 0.300. The maximum atomic E-state index is 12.8. The minimum Gasteiger partial charge on any atom is -0.338 e. The Morgan fingerprint density at radius 2 is 2.06 bits per heavy atom. The lowest BCUT2D eigenvalue weighted by atomic mass is 10.3. The van der Waals surface area contributed by atoms with E-state index in [-0.39, 0.29) is 5.69 Å². The maximum absolute atomic E-state index is 12.8. The molecule has 0 saturated carbocycles. The Morgan fingerprint density at radius 1 is 1.31 bits per heavy atom. The molecule has 88 valence electrons. The van der Waals surface area contributed by atoms with Crippen LogP contribution >= 0.6 is 0 Å². The van der Waals surface area contributed by atoms with E-state index in [0.29, 0.717) is 19.5 Å². The van der Waals surface area contributed by atoms with Crippen molar-refractivity contribution in [2.24, 2.45) is 5.73 Å². The van der Waals surface area contributed by atoms with Gasteiger partial charge in [0, 0.05) is 18.3 Å². The standard InChI is InChI=1S/C10H13F2N3O/c11-8-3-2-7(6-9(8)12)15-10(16)14-5-1-4-13/h2-3,6H,1,4-5,13H2,(H2,14,15,16). The number of nitrogens with two attached hydrogens (primary N) is 1. The number of benzene rings is 1. The lowest BCUT2D eigenvalue weighted by molar-refractivity contribution is 0.252. The van der Waals surface area contributed by atoms with E-state index in [1.807, 2.05) is 0 Å². The number of urea groups is 1. The predicted octanol–water partition coefficient (Wildman–Crippen LogP) is 1.44. The number of carbonyl (C=O) groups excluding carboxylic acids is 1. The largest absolute Gasteiger partial charge is 0.338 e. The van der Waals surface area contributed by atoms with E-state index in [9.17, 15) is 13.6 Å². The first-order valence-corrected chi connectivity index (χ1v) is 4.83. The lowest BCUT2D eigenvalue weighted by Crippen LogP contribution is -2.30. The summed E-state index contributed by atoms with van der Waals surface area (Å²) < 4.78 is 25.3. The van der Waals surface area contributed by atoms with Gasteiger partial charge in [0.2, 0.25) is 0 Å². The van der Waals surface area contributed by atoms with Crippen LogP contribution in [-0.2, 0) is 0 Å². The van der Waals surface area contributed by atoms with E-state index >= 15 is 0 Å². The van der Waals surface area contributed by atoms with E-state index < -0.39 is 17.7 Å². The zero-order chi connectivity index (χ0) is 12.0. The van der Waals surface area contributed by atoms with E-state index in [1.54, 1.807) is 0 Å². The predicted molar refractivity (Wildman–Crippen MR) is 57.1 cm³/mol. The minimum absolute atomic E-state index is 0.198. The van der Waals surface area contributed by atoms with Crippen LogP contribution in [0.25, 0.3) is 0 Å². The summed E-state index contributed by atoms with van der Waals surface area (Å²) in [5, 5.41) is 4.89. The number of hydrogen-bond acceptors (Lipinski definition) is 2. The van der Waals surface area contributed by atoms with Crippen LogP contribution in [0.4, 0.5) is 19.3 Å². The first kappa shape index (κ1) is 12.4. The van der Waals surface area contributed by atoms with Gasteiger partial charge in [0.05, 0.1) is 0 Å². The Morgan fingerprint density at radius 3 is 2.69 bits per heavy atom. The normalized spacial score (nSPS) is 9.94. The second-order valence-electron chi connectivity index (χ2n) is 3.15.